The van der Waals surface area contributed by atoms with Crippen LogP contribution in [0.3, 0.4) is 0 Å². The number of ether oxygens (including phenoxy) is 5. The van der Waals surface area contributed by atoms with E-state index in [2.05, 4.69) is 0 Å². The van der Waals surface area contributed by atoms with E-state index in [1.54, 1.807) is 17.6 Å². The molecule has 0 aliphatic carbocycles. The van der Waals surface area contributed by atoms with Crippen LogP contribution in [0.1, 0.15) is 30.0 Å². The average Bonchev–Trinajstić information content (AvgIpc) is 3.67. The van der Waals surface area contributed by atoms with Gasteiger partial charge in [-0.3, -0.25) is 4.79 Å². The Morgan fingerprint density at radius 1 is 0.974 bits per heavy atom. The summed E-state index contributed by atoms with van der Waals surface area (Å²) in [4.78, 5) is 30.9. The number of aliphatic hydroxyl groups is 1. The predicted octanol–water partition coefficient (Wildman–Crippen LogP) is 3.20. The third kappa shape index (κ3) is 2.67. The molecule has 0 bridgehead atoms. The number of aromatic nitrogens is 2. The Balaban J connectivity index is 1.37. The van der Waals surface area contributed by atoms with Crippen molar-refractivity contribution in [1.82, 2.24) is 9.55 Å². The van der Waals surface area contributed by atoms with Gasteiger partial charge in [-0.1, -0.05) is 13.0 Å². The van der Waals surface area contributed by atoms with Gasteiger partial charge in [0.2, 0.25) is 13.6 Å². The average molecular weight is 512 g/mol. The van der Waals surface area contributed by atoms with Crippen molar-refractivity contribution in [3.63, 3.8) is 0 Å². The van der Waals surface area contributed by atoms with E-state index in [-0.39, 0.29) is 43.3 Å². The van der Waals surface area contributed by atoms with Crippen molar-refractivity contribution in [3.05, 3.63) is 63.4 Å². The van der Waals surface area contributed by atoms with Crippen LogP contribution in [0, 0.1) is 0 Å². The molecule has 1 atom stereocenters. The van der Waals surface area contributed by atoms with Gasteiger partial charge in [-0.2, -0.15) is 0 Å². The van der Waals surface area contributed by atoms with Gasteiger partial charge in [0, 0.05) is 28.1 Å². The fourth-order valence-electron chi connectivity index (χ4n) is 5.82. The van der Waals surface area contributed by atoms with Gasteiger partial charge in [0.25, 0.3) is 5.56 Å². The highest BCUT2D eigenvalue weighted by atomic mass is 16.7. The van der Waals surface area contributed by atoms with E-state index in [1.165, 1.54) is 0 Å². The van der Waals surface area contributed by atoms with Crippen LogP contribution in [0.15, 0.2) is 41.2 Å². The summed E-state index contributed by atoms with van der Waals surface area (Å²) in [7, 11) is 0. The summed E-state index contributed by atoms with van der Waals surface area (Å²) in [6, 6.07) is 11.2. The predicted molar refractivity (Wildman–Crippen MR) is 132 cm³/mol. The fraction of sp³-hybridized carbons (Fsp3) is 0.250. The highest BCUT2D eigenvalue weighted by Crippen LogP contribution is 2.49. The van der Waals surface area contributed by atoms with Gasteiger partial charge in [-0.15, -0.1) is 0 Å². The number of carbonyl (C=O) groups is 1. The maximum atomic E-state index is 13.5. The molecule has 2 aromatic carbocycles. The Labute approximate surface area is 214 Å². The second kappa shape index (κ2) is 7.26. The van der Waals surface area contributed by atoms with E-state index >= 15 is 0 Å². The number of cyclic esters (lactones) is 1. The monoisotopic (exact) mass is 512 g/mol. The van der Waals surface area contributed by atoms with Crippen LogP contribution in [-0.2, 0) is 28.3 Å². The summed E-state index contributed by atoms with van der Waals surface area (Å²) in [6.07, 6.45) is 0.0854. The number of carbonyl (C=O) groups excluding carboxylic acids is 1. The van der Waals surface area contributed by atoms with Gasteiger partial charge in [-0.05, 0) is 36.2 Å². The Morgan fingerprint density at radius 2 is 1.79 bits per heavy atom. The first-order valence-corrected chi connectivity index (χ1v) is 12.3. The molecule has 0 saturated carbocycles. The lowest BCUT2D eigenvalue weighted by Crippen LogP contribution is -2.44. The molecule has 0 amide bonds. The molecular weight excluding hydrogens is 492 g/mol. The molecular formula is C28H20N2O8. The van der Waals surface area contributed by atoms with Crippen LogP contribution in [0.2, 0.25) is 0 Å². The molecule has 6 heterocycles. The molecule has 0 radical (unpaired) electrons. The molecule has 0 fully saturated rings. The smallest absolute Gasteiger partial charge is 0.343 e. The normalized spacial score (nSPS) is 19.8. The second-order valence-electron chi connectivity index (χ2n) is 9.72. The number of pyridine rings is 2. The summed E-state index contributed by atoms with van der Waals surface area (Å²) >= 11 is 0. The van der Waals surface area contributed by atoms with E-state index in [1.807, 2.05) is 30.3 Å². The number of benzene rings is 2. The fourth-order valence-corrected chi connectivity index (χ4v) is 5.82. The number of esters is 1. The third-order valence-electron chi connectivity index (χ3n) is 7.81. The zero-order valence-electron chi connectivity index (χ0n) is 20.2. The summed E-state index contributed by atoms with van der Waals surface area (Å²) in [5, 5.41) is 12.0. The van der Waals surface area contributed by atoms with Crippen molar-refractivity contribution in [3.8, 4) is 45.5 Å². The van der Waals surface area contributed by atoms with Crippen molar-refractivity contribution in [1.29, 1.82) is 0 Å². The van der Waals surface area contributed by atoms with Crippen LogP contribution in [0.4, 0.5) is 0 Å². The number of fused-ring (bicyclic) bond motifs is 7. The van der Waals surface area contributed by atoms with Crippen molar-refractivity contribution in [2.45, 2.75) is 32.1 Å². The molecule has 4 aromatic rings. The lowest BCUT2D eigenvalue weighted by atomic mass is 9.86. The SMILES string of the molecule is CC[C@@]1(O)C(=O)OCc2c1cc1n(c2=O)Cc2cc3c(-c4ccc5c(c4)OCO5)c4c(cc3nc2-1)OCO4. The lowest BCUT2D eigenvalue weighted by Gasteiger charge is -2.31. The van der Waals surface area contributed by atoms with E-state index in [0.29, 0.717) is 46.4 Å². The maximum Gasteiger partial charge on any atom is 0.343 e. The van der Waals surface area contributed by atoms with E-state index in [4.69, 9.17) is 28.7 Å². The van der Waals surface area contributed by atoms with Crippen LogP contribution in [0.5, 0.6) is 23.0 Å². The molecule has 4 aliphatic rings. The minimum atomic E-state index is -1.87. The zero-order valence-corrected chi connectivity index (χ0v) is 20.2. The van der Waals surface area contributed by atoms with Crippen LogP contribution >= 0.6 is 0 Å². The van der Waals surface area contributed by atoms with Crippen LogP contribution < -0.4 is 24.5 Å². The minimum Gasteiger partial charge on any atom is -0.458 e. The van der Waals surface area contributed by atoms with E-state index < -0.39 is 11.6 Å². The van der Waals surface area contributed by atoms with E-state index in [0.717, 1.165) is 22.1 Å². The van der Waals surface area contributed by atoms with Crippen molar-refractivity contribution < 1.29 is 33.6 Å². The standard InChI is InChI=1S/C28H20N2O8/c1-2-28(33)17-7-19-24-14(9-30(19)26(31)16(17)10-34-27(28)32)5-15-18(29-24)8-22-25(38-12-37-22)23(15)13-3-4-20-21(6-13)36-11-35-20/h3-8,33H,2,9-12H2,1H3/t28-/m0/s1. The van der Waals surface area contributed by atoms with Gasteiger partial charge in [0.15, 0.2) is 28.6 Å². The Bertz CT molecular complexity index is 1810. The van der Waals surface area contributed by atoms with Gasteiger partial charge >= 0.3 is 5.97 Å². The molecule has 10 heteroatoms. The third-order valence-corrected chi connectivity index (χ3v) is 7.81. The zero-order chi connectivity index (χ0) is 25.8. The van der Waals surface area contributed by atoms with Gasteiger partial charge in [0.1, 0.15) is 6.61 Å². The topological polar surface area (TPSA) is 118 Å². The summed E-state index contributed by atoms with van der Waals surface area (Å²) in [6.45, 7) is 2.08. The Morgan fingerprint density at radius 3 is 2.66 bits per heavy atom. The van der Waals surface area contributed by atoms with Crippen molar-refractivity contribution in [2.75, 3.05) is 13.6 Å². The Hall–Kier alpha value is -4.57. The first-order chi connectivity index (χ1) is 18.5. The summed E-state index contributed by atoms with van der Waals surface area (Å²) < 4.78 is 29.5. The molecule has 4 aliphatic heterocycles. The number of rotatable bonds is 2. The second-order valence-corrected chi connectivity index (χ2v) is 9.72. The van der Waals surface area contributed by atoms with Gasteiger partial charge in [-0.25, -0.2) is 9.78 Å². The molecule has 0 spiro atoms. The number of nitrogens with zero attached hydrogens (tertiary/aromatic N) is 2. The Kier molecular flexibility index (Phi) is 4.11. The quantitative estimate of drug-likeness (QED) is 0.356. The maximum absolute atomic E-state index is 13.5. The first kappa shape index (κ1) is 21.5. The summed E-state index contributed by atoms with van der Waals surface area (Å²) in [5.41, 5.74) is 2.73. The van der Waals surface area contributed by atoms with Gasteiger partial charge < -0.3 is 33.4 Å². The molecule has 10 nitrogen and oxygen atoms in total. The molecule has 190 valence electrons. The highest BCUT2D eigenvalue weighted by Gasteiger charge is 2.45. The molecule has 0 saturated heterocycles. The largest absolute Gasteiger partial charge is 0.458 e. The van der Waals surface area contributed by atoms with Crippen molar-refractivity contribution >= 4 is 16.9 Å². The summed E-state index contributed by atoms with van der Waals surface area (Å²) in [5.74, 6) is 1.76. The van der Waals surface area contributed by atoms with Crippen LogP contribution in [0.25, 0.3) is 33.4 Å². The molecule has 38 heavy (non-hydrogen) atoms. The van der Waals surface area contributed by atoms with Crippen molar-refractivity contribution in [2.24, 2.45) is 0 Å². The first-order valence-electron chi connectivity index (χ1n) is 12.3. The molecule has 0 unspecified atom stereocenters. The lowest BCUT2D eigenvalue weighted by molar-refractivity contribution is -0.172. The van der Waals surface area contributed by atoms with Gasteiger partial charge in [0.05, 0.1) is 29.0 Å². The van der Waals surface area contributed by atoms with Crippen LogP contribution in [-0.4, -0.2) is 34.2 Å². The molecule has 1 N–H and O–H groups in total. The molecule has 2 aromatic heterocycles. The van der Waals surface area contributed by atoms with E-state index in [9.17, 15) is 14.7 Å². The molecule has 8 rings (SSSR count). The highest BCUT2D eigenvalue weighted by molar-refractivity contribution is 6.02. The number of hydrogen-bond donors (Lipinski definition) is 1. The minimum absolute atomic E-state index is 0.0854. The number of hydrogen-bond acceptors (Lipinski definition) is 9.